The Balaban J connectivity index is 2.05. The lowest BCUT2D eigenvalue weighted by molar-refractivity contribution is 0.318. The van der Waals surface area contributed by atoms with Crippen molar-refractivity contribution in [3.8, 4) is 0 Å². The van der Waals surface area contributed by atoms with Crippen molar-refractivity contribution < 1.29 is 0 Å². The Morgan fingerprint density at radius 3 is 2.70 bits per heavy atom. The molecule has 1 aliphatic rings. The Bertz CT molecular complexity index is 664. The molecule has 1 fully saturated rings. The number of nitrogens with one attached hydrogen (secondary N) is 1. The second-order valence-electron chi connectivity index (χ2n) is 5.82. The zero-order chi connectivity index (χ0) is 14.1. The molecule has 0 bridgehead atoms. The standard InChI is InChI=1S/C15H22N4O/c1-3-12-18-13-14(16-10(2)17-15(13)20)19(12)9-11-7-5-4-6-8-11/h11H,3-9H2,1-2H3,(H,16,17,20). The second kappa shape index (κ2) is 5.38. The number of aromatic nitrogens is 4. The number of aromatic amines is 1. The molecule has 0 aromatic carbocycles. The minimum absolute atomic E-state index is 0.121. The Kier molecular flexibility index (Phi) is 3.59. The zero-order valence-corrected chi connectivity index (χ0v) is 12.3. The van der Waals surface area contributed by atoms with Gasteiger partial charge in [-0.05, 0) is 25.7 Å². The summed E-state index contributed by atoms with van der Waals surface area (Å²) in [7, 11) is 0. The summed E-state index contributed by atoms with van der Waals surface area (Å²) < 4.78 is 2.17. The van der Waals surface area contributed by atoms with E-state index in [2.05, 4.69) is 26.4 Å². The maximum absolute atomic E-state index is 12.0. The first kappa shape index (κ1) is 13.3. The predicted molar refractivity (Wildman–Crippen MR) is 78.8 cm³/mol. The van der Waals surface area contributed by atoms with Crippen LogP contribution in [0.15, 0.2) is 4.79 Å². The molecule has 0 amide bonds. The van der Waals surface area contributed by atoms with Crippen LogP contribution in [-0.4, -0.2) is 19.5 Å². The number of hydrogen-bond acceptors (Lipinski definition) is 3. The van der Waals surface area contributed by atoms with Crippen LogP contribution in [-0.2, 0) is 13.0 Å². The van der Waals surface area contributed by atoms with Gasteiger partial charge in [-0.2, -0.15) is 0 Å². The van der Waals surface area contributed by atoms with Crippen molar-refractivity contribution in [1.82, 2.24) is 19.5 Å². The zero-order valence-electron chi connectivity index (χ0n) is 12.3. The van der Waals surface area contributed by atoms with Crippen LogP contribution in [0.3, 0.4) is 0 Å². The molecule has 0 spiro atoms. The number of nitrogens with zero attached hydrogens (tertiary/aromatic N) is 3. The van der Waals surface area contributed by atoms with Gasteiger partial charge < -0.3 is 9.55 Å². The van der Waals surface area contributed by atoms with Gasteiger partial charge in [0.05, 0.1) is 0 Å². The third-order valence-electron chi connectivity index (χ3n) is 4.28. The molecule has 0 saturated heterocycles. The average Bonchev–Trinajstić information content (AvgIpc) is 2.78. The van der Waals surface area contributed by atoms with Crippen LogP contribution >= 0.6 is 0 Å². The van der Waals surface area contributed by atoms with E-state index in [1.54, 1.807) is 0 Å². The maximum atomic E-state index is 12.0. The van der Waals surface area contributed by atoms with Gasteiger partial charge in [-0.25, -0.2) is 9.97 Å². The first-order valence-electron chi connectivity index (χ1n) is 7.65. The Hall–Kier alpha value is -1.65. The molecule has 0 unspecified atom stereocenters. The van der Waals surface area contributed by atoms with E-state index >= 15 is 0 Å². The van der Waals surface area contributed by atoms with Crippen LogP contribution in [0.2, 0.25) is 0 Å². The van der Waals surface area contributed by atoms with Crippen LogP contribution < -0.4 is 5.56 Å². The number of rotatable bonds is 3. The van der Waals surface area contributed by atoms with Crippen LogP contribution in [0, 0.1) is 12.8 Å². The van der Waals surface area contributed by atoms with Gasteiger partial charge in [-0.3, -0.25) is 4.79 Å². The fourth-order valence-corrected chi connectivity index (χ4v) is 3.26. The molecule has 2 aromatic heterocycles. The van der Waals surface area contributed by atoms with Gasteiger partial charge in [-0.15, -0.1) is 0 Å². The number of hydrogen-bond donors (Lipinski definition) is 1. The number of H-pyrrole nitrogens is 1. The van der Waals surface area contributed by atoms with E-state index in [1.807, 2.05) is 6.92 Å². The summed E-state index contributed by atoms with van der Waals surface area (Å²) >= 11 is 0. The van der Waals surface area contributed by atoms with Gasteiger partial charge in [0.25, 0.3) is 5.56 Å². The van der Waals surface area contributed by atoms with Crippen molar-refractivity contribution in [2.45, 2.75) is 58.9 Å². The third-order valence-corrected chi connectivity index (χ3v) is 4.28. The highest BCUT2D eigenvalue weighted by molar-refractivity contribution is 5.70. The predicted octanol–water partition coefficient (Wildman–Crippen LogP) is 2.57. The fourth-order valence-electron chi connectivity index (χ4n) is 3.26. The summed E-state index contributed by atoms with van der Waals surface area (Å²) in [6.07, 6.45) is 7.41. The normalized spacial score (nSPS) is 16.9. The van der Waals surface area contributed by atoms with Crippen LogP contribution in [0.1, 0.15) is 50.7 Å². The van der Waals surface area contributed by atoms with E-state index in [1.165, 1.54) is 32.1 Å². The number of aryl methyl sites for hydroxylation is 2. The highest BCUT2D eigenvalue weighted by Gasteiger charge is 2.19. The van der Waals surface area contributed by atoms with E-state index in [0.717, 1.165) is 24.4 Å². The minimum atomic E-state index is -0.121. The van der Waals surface area contributed by atoms with Gasteiger partial charge in [0, 0.05) is 13.0 Å². The van der Waals surface area contributed by atoms with Crippen molar-refractivity contribution in [2.24, 2.45) is 5.92 Å². The Labute approximate surface area is 118 Å². The van der Waals surface area contributed by atoms with E-state index in [-0.39, 0.29) is 5.56 Å². The van der Waals surface area contributed by atoms with Crippen molar-refractivity contribution in [1.29, 1.82) is 0 Å². The van der Waals surface area contributed by atoms with Crippen molar-refractivity contribution in [2.75, 3.05) is 0 Å². The lowest BCUT2D eigenvalue weighted by atomic mass is 9.89. The van der Waals surface area contributed by atoms with Gasteiger partial charge in [0.15, 0.2) is 11.2 Å². The van der Waals surface area contributed by atoms with Crippen LogP contribution in [0.5, 0.6) is 0 Å². The van der Waals surface area contributed by atoms with Crippen LogP contribution in [0.25, 0.3) is 11.2 Å². The highest BCUT2D eigenvalue weighted by atomic mass is 16.1. The van der Waals surface area contributed by atoms with E-state index < -0.39 is 0 Å². The minimum Gasteiger partial charge on any atom is -0.312 e. The summed E-state index contributed by atoms with van der Waals surface area (Å²) in [5.41, 5.74) is 1.13. The summed E-state index contributed by atoms with van der Waals surface area (Å²) in [6, 6.07) is 0. The first-order chi connectivity index (χ1) is 9.69. The molecule has 1 N–H and O–H groups in total. The van der Waals surface area contributed by atoms with E-state index in [9.17, 15) is 4.79 Å². The molecule has 108 valence electrons. The van der Waals surface area contributed by atoms with Crippen molar-refractivity contribution in [3.05, 3.63) is 22.0 Å². The molecule has 3 rings (SSSR count). The number of imidazole rings is 1. The first-order valence-corrected chi connectivity index (χ1v) is 7.65. The topological polar surface area (TPSA) is 63.6 Å². The third kappa shape index (κ3) is 2.37. The maximum Gasteiger partial charge on any atom is 0.279 e. The lowest BCUT2D eigenvalue weighted by Gasteiger charge is -2.22. The van der Waals surface area contributed by atoms with Gasteiger partial charge in [-0.1, -0.05) is 26.2 Å². The molecular formula is C15H22N4O. The smallest absolute Gasteiger partial charge is 0.279 e. The molecule has 20 heavy (non-hydrogen) atoms. The molecule has 0 radical (unpaired) electrons. The molecular weight excluding hydrogens is 252 g/mol. The van der Waals surface area contributed by atoms with Crippen LogP contribution in [0.4, 0.5) is 0 Å². The van der Waals surface area contributed by atoms with E-state index in [4.69, 9.17) is 0 Å². The molecule has 0 aliphatic heterocycles. The largest absolute Gasteiger partial charge is 0.312 e. The SMILES string of the molecule is CCc1nc2c(=O)[nH]c(C)nc2n1CC1CCCCC1. The highest BCUT2D eigenvalue weighted by Crippen LogP contribution is 2.26. The fraction of sp³-hybridized carbons (Fsp3) is 0.667. The summed E-state index contributed by atoms with van der Waals surface area (Å²) in [6.45, 7) is 4.86. The molecule has 5 heteroatoms. The van der Waals surface area contributed by atoms with Crippen molar-refractivity contribution in [3.63, 3.8) is 0 Å². The summed E-state index contributed by atoms with van der Waals surface area (Å²) in [5.74, 6) is 2.34. The second-order valence-corrected chi connectivity index (χ2v) is 5.82. The molecule has 1 saturated carbocycles. The number of fused-ring (bicyclic) bond motifs is 1. The Morgan fingerprint density at radius 1 is 1.25 bits per heavy atom. The molecule has 5 nitrogen and oxygen atoms in total. The van der Waals surface area contributed by atoms with Gasteiger partial charge in [0.2, 0.25) is 0 Å². The summed E-state index contributed by atoms with van der Waals surface area (Å²) in [5, 5.41) is 0. The molecule has 2 aromatic rings. The van der Waals surface area contributed by atoms with Crippen molar-refractivity contribution >= 4 is 11.2 Å². The molecule has 2 heterocycles. The lowest BCUT2D eigenvalue weighted by Crippen LogP contribution is -2.17. The summed E-state index contributed by atoms with van der Waals surface area (Å²) in [4.78, 5) is 23.8. The Morgan fingerprint density at radius 2 is 2.00 bits per heavy atom. The quantitative estimate of drug-likeness (QED) is 0.935. The molecule has 1 aliphatic carbocycles. The monoisotopic (exact) mass is 274 g/mol. The van der Waals surface area contributed by atoms with Gasteiger partial charge >= 0.3 is 0 Å². The van der Waals surface area contributed by atoms with E-state index in [0.29, 0.717) is 17.3 Å². The molecule has 0 atom stereocenters. The average molecular weight is 274 g/mol. The van der Waals surface area contributed by atoms with Gasteiger partial charge in [0.1, 0.15) is 11.6 Å².